The number of fused-ring (bicyclic) bond motifs is 1. The quantitative estimate of drug-likeness (QED) is 0.429. The molecule has 5 nitrogen and oxygen atoms in total. The van der Waals surface area contributed by atoms with E-state index in [-0.39, 0.29) is 29.9 Å². The van der Waals surface area contributed by atoms with Crippen molar-refractivity contribution in [2.75, 3.05) is 11.1 Å². The van der Waals surface area contributed by atoms with Crippen LogP contribution in [0.5, 0.6) is 5.75 Å². The Bertz CT molecular complexity index is 1160. The van der Waals surface area contributed by atoms with Crippen LogP contribution in [0.15, 0.2) is 65.6 Å². The van der Waals surface area contributed by atoms with E-state index in [1.54, 1.807) is 23.9 Å². The summed E-state index contributed by atoms with van der Waals surface area (Å²) < 4.78 is 41.3. The molecule has 0 aromatic heterocycles. The lowest BCUT2D eigenvalue weighted by Gasteiger charge is -2.18. The molecule has 0 radical (unpaired) electrons. The fourth-order valence-electron chi connectivity index (χ4n) is 3.84. The first-order valence-corrected chi connectivity index (χ1v) is 11.1. The van der Waals surface area contributed by atoms with Crippen molar-refractivity contribution in [2.24, 2.45) is 5.73 Å². The maximum absolute atomic E-state index is 12.6. The molecule has 3 aromatic rings. The Balaban J connectivity index is 1.51. The number of nitrogen functional groups attached to an aromatic ring is 1. The van der Waals surface area contributed by atoms with E-state index < -0.39 is 6.36 Å². The van der Waals surface area contributed by atoms with Crippen molar-refractivity contribution in [1.82, 2.24) is 0 Å². The molecule has 172 valence electrons. The number of nitrogens with one attached hydrogen (secondary N) is 1. The van der Waals surface area contributed by atoms with Crippen LogP contribution in [0.25, 0.3) is 0 Å². The molecule has 0 aliphatic carbocycles. The minimum absolute atomic E-state index is 0.0979. The molecule has 1 aliphatic heterocycles. The number of benzene rings is 3. The van der Waals surface area contributed by atoms with E-state index in [2.05, 4.69) is 22.2 Å². The summed E-state index contributed by atoms with van der Waals surface area (Å²) in [5.74, 6) is -0.744. The van der Waals surface area contributed by atoms with Crippen molar-refractivity contribution < 1.29 is 22.7 Å². The largest absolute Gasteiger partial charge is 0.573 e. The third-order valence-corrected chi connectivity index (χ3v) is 6.65. The van der Waals surface area contributed by atoms with Crippen molar-refractivity contribution in [3.63, 3.8) is 0 Å². The van der Waals surface area contributed by atoms with Crippen LogP contribution in [0.4, 0.5) is 24.5 Å². The molecule has 9 heteroatoms. The van der Waals surface area contributed by atoms with Gasteiger partial charge in [-0.1, -0.05) is 30.3 Å². The van der Waals surface area contributed by atoms with Gasteiger partial charge in [-0.2, -0.15) is 0 Å². The second-order valence-corrected chi connectivity index (χ2v) is 8.93. The van der Waals surface area contributed by atoms with Crippen molar-refractivity contribution in [3.05, 3.63) is 82.9 Å². The predicted octanol–water partition coefficient (Wildman–Crippen LogP) is 5.20. The van der Waals surface area contributed by atoms with Crippen LogP contribution in [0.1, 0.15) is 27.5 Å². The highest BCUT2D eigenvalue weighted by Gasteiger charge is 2.31. The highest BCUT2D eigenvalue weighted by atomic mass is 32.2. The lowest BCUT2D eigenvalue weighted by molar-refractivity contribution is -0.274. The van der Waals surface area contributed by atoms with Crippen molar-refractivity contribution in [3.8, 4) is 5.75 Å². The molecule has 1 aliphatic rings. The summed E-state index contributed by atoms with van der Waals surface area (Å²) in [6.07, 6.45) is -4.09. The number of anilines is 2. The fourth-order valence-corrected chi connectivity index (χ4v) is 5.20. The first-order valence-electron chi connectivity index (χ1n) is 10.2. The molecule has 0 fully saturated rings. The maximum Gasteiger partial charge on any atom is 0.573 e. The number of ether oxygens (including phenoxy) is 1. The number of hydrogen-bond donors (Lipinski definition) is 3. The minimum atomic E-state index is -4.79. The number of rotatable bonds is 6. The van der Waals surface area contributed by atoms with E-state index in [0.29, 0.717) is 16.9 Å². The van der Waals surface area contributed by atoms with Crippen LogP contribution < -0.4 is 21.5 Å². The maximum atomic E-state index is 12.6. The van der Waals surface area contributed by atoms with E-state index in [9.17, 15) is 18.0 Å². The predicted molar refractivity (Wildman–Crippen MR) is 123 cm³/mol. The summed E-state index contributed by atoms with van der Waals surface area (Å²) in [7, 11) is 0. The summed E-state index contributed by atoms with van der Waals surface area (Å²) in [5, 5.41) is 2.92. The molecule has 4 rings (SSSR count). The Hall–Kier alpha value is -3.17. The topological polar surface area (TPSA) is 90.4 Å². The molecule has 1 heterocycles. The van der Waals surface area contributed by atoms with E-state index >= 15 is 0 Å². The zero-order chi connectivity index (χ0) is 23.6. The Kier molecular flexibility index (Phi) is 6.53. The first kappa shape index (κ1) is 23.0. The average Bonchev–Trinajstić information content (AvgIpc) is 3.18. The fraction of sp³-hybridized carbons (Fsp3) is 0.208. The van der Waals surface area contributed by atoms with Gasteiger partial charge in [0, 0.05) is 28.1 Å². The van der Waals surface area contributed by atoms with Crippen LogP contribution >= 0.6 is 11.8 Å². The van der Waals surface area contributed by atoms with Crippen LogP contribution in [0.2, 0.25) is 0 Å². The Morgan fingerprint density at radius 3 is 2.64 bits per heavy atom. The summed E-state index contributed by atoms with van der Waals surface area (Å²) in [4.78, 5) is 13.8. The number of halogens is 3. The number of nitrogens with two attached hydrogens (primary N) is 2. The van der Waals surface area contributed by atoms with Gasteiger partial charge in [0.25, 0.3) is 0 Å². The molecule has 0 saturated carbocycles. The lowest BCUT2D eigenvalue weighted by atomic mass is 9.99. The molecule has 3 aromatic carbocycles. The SMILES string of the molecule is NCc1cc(NC(=O)Cc2cccc(OC(F)(F)F)c2)cc(C2Cc3ccccc3S2)c1N. The third kappa shape index (κ3) is 5.61. The molecule has 1 atom stereocenters. The number of amides is 1. The van der Waals surface area contributed by atoms with Gasteiger partial charge >= 0.3 is 6.36 Å². The van der Waals surface area contributed by atoms with E-state index in [1.807, 2.05) is 18.2 Å². The number of hydrogen-bond acceptors (Lipinski definition) is 5. The Morgan fingerprint density at radius 2 is 1.91 bits per heavy atom. The van der Waals surface area contributed by atoms with Gasteiger partial charge in [-0.25, -0.2) is 0 Å². The van der Waals surface area contributed by atoms with Gasteiger partial charge in [-0.05, 0) is 59.0 Å². The smallest absolute Gasteiger partial charge is 0.406 e. The summed E-state index contributed by atoms with van der Waals surface area (Å²) >= 11 is 1.72. The lowest BCUT2D eigenvalue weighted by Crippen LogP contribution is -2.18. The zero-order valence-electron chi connectivity index (χ0n) is 17.5. The monoisotopic (exact) mass is 473 g/mol. The standard InChI is InChI=1S/C24H22F3N3O2S/c25-24(26,27)32-18-6-3-4-14(8-18)9-22(31)30-17-10-16(13-28)23(29)19(12-17)21-11-15-5-1-2-7-20(15)33-21/h1-8,10,12,21H,9,11,13,28-29H2,(H,30,31). The van der Waals surface area contributed by atoms with Crippen LogP contribution in [-0.4, -0.2) is 12.3 Å². The van der Waals surface area contributed by atoms with Crippen molar-refractivity contribution in [2.45, 2.75) is 35.9 Å². The van der Waals surface area contributed by atoms with Crippen LogP contribution in [-0.2, 0) is 24.2 Å². The van der Waals surface area contributed by atoms with Gasteiger partial charge < -0.3 is 21.5 Å². The van der Waals surface area contributed by atoms with Gasteiger partial charge in [-0.3, -0.25) is 4.79 Å². The average molecular weight is 474 g/mol. The van der Waals surface area contributed by atoms with Crippen LogP contribution in [0.3, 0.4) is 0 Å². The first-order chi connectivity index (χ1) is 15.7. The number of alkyl halides is 3. The highest BCUT2D eigenvalue weighted by molar-refractivity contribution is 7.99. The molecule has 1 unspecified atom stereocenters. The van der Waals surface area contributed by atoms with Gasteiger partial charge in [0.2, 0.25) is 5.91 Å². The van der Waals surface area contributed by atoms with Gasteiger partial charge in [0.1, 0.15) is 5.75 Å². The Labute approximate surface area is 193 Å². The van der Waals surface area contributed by atoms with Gasteiger partial charge in [0.15, 0.2) is 0 Å². The zero-order valence-corrected chi connectivity index (χ0v) is 18.3. The molecule has 0 saturated heterocycles. The van der Waals surface area contributed by atoms with E-state index in [4.69, 9.17) is 11.5 Å². The van der Waals surface area contributed by atoms with Gasteiger partial charge in [-0.15, -0.1) is 24.9 Å². The van der Waals surface area contributed by atoms with E-state index in [1.165, 1.54) is 28.7 Å². The molecule has 33 heavy (non-hydrogen) atoms. The normalized spacial score (nSPS) is 15.2. The van der Waals surface area contributed by atoms with Crippen LogP contribution in [0, 0.1) is 0 Å². The minimum Gasteiger partial charge on any atom is -0.406 e. The number of thioether (sulfide) groups is 1. The van der Waals surface area contributed by atoms with Crippen molar-refractivity contribution in [1.29, 1.82) is 0 Å². The molecular formula is C24H22F3N3O2S. The number of carbonyl (C=O) groups excluding carboxylic acids is 1. The second kappa shape index (κ2) is 9.36. The highest BCUT2D eigenvalue weighted by Crippen LogP contribution is 2.48. The van der Waals surface area contributed by atoms with E-state index in [0.717, 1.165) is 17.5 Å². The number of carbonyl (C=O) groups is 1. The Morgan fingerprint density at radius 1 is 1.12 bits per heavy atom. The molecule has 5 N–H and O–H groups in total. The summed E-state index contributed by atoms with van der Waals surface area (Å²) in [6.45, 7) is 0.212. The molecule has 0 bridgehead atoms. The molecule has 0 spiro atoms. The summed E-state index contributed by atoms with van der Waals surface area (Å²) in [5.41, 5.74) is 16.7. The summed E-state index contributed by atoms with van der Waals surface area (Å²) in [6, 6.07) is 17.1. The second-order valence-electron chi connectivity index (χ2n) is 7.68. The van der Waals surface area contributed by atoms with Crippen molar-refractivity contribution >= 4 is 29.0 Å². The molecule has 1 amide bonds. The van der Waals surface area contributed by atoms with Gasteiger partial charge in [0.05, 0.1) is 6.42 Å². The third-order valence-electron chi connectivity index (χ3n) is 5.29. The molecular weight excluding hydrogens is 451 g/mol.